The van der Waals surface area contributed by atoms with E-state index in [0.29, 0.717) is 11.1 Å². The summed E-state index contributed by atoms with van der Waals surface area (Å²) in [5, 5.41) is 12.8. The van der Waals surface area contributed by atoms with E-state index in [9.17, 15) is 22.4 Å². The van der Waals surface area contributed by atoms with Crippen LogP contribution in [0, 0.1) is 5.82 Å². The van der Waals surface area contributed by atoms with Gasteiger partial charge in [-0.25, -0.2) is 9.18 Å². The third-order valence-corrected chi connectivity index (χ3v) is 4.40. The second-order valence-electron chi connectivity index (χ2n) is 6.16. The molecule has 4 rings (SSSR count). The lowest BCUT2D eigenvalue weighted by atomic mass is 9.98. The second-order valence-corrected chi connectivity index (χ2v) is 6.16. The molecule has 1 saturated heterocycles. The summed E-state index contributed by atoms with van der Waals surface area (Å²) in [7, 11) is 0. The van der Waals surface area contributed by atoms with Gasteiger partial charge in [-0.3, -0.25) is 0 Å². The van der Waals surface area contributed by atoms with Crippen LogP contribution in [-0.2, 0) is 22.3 Å². The molecule has 1 aliphatic heterocycles. The number of hydrogen-bond donors (Lipinski definition) is 1. The predicted octanol–water partition coefficient (Wildman–Crippen LogP) is 3.77. The molecule has 0 bridgehead atoms. The highest BCUT2D eigenvalue weighted by Crippen LogP contribution is 2.44. The number of aromatic nitrogens is 2. The molecule has 2 atom stereocenters. The molecule has 2 heterocycles. The summed E-state index contributed by atoms with van der Waals surface area (Å²) in [5.74, 6) is -1.76. The number of fused-ring (bicyclic) bond motifs is 1. The lowest BCUT2D eigenvalue weighted by molar-refractivity contribution is -0.209. The van der Waals surface area contributed by atoms with E-state index < -0.39 is 30.3 Å². The number of hydrogen-bond acceptors (Lipinski definition) is 3. The average Bonchev–Trinajstić information content (AvgIpc) is 3.29. The molecule has 0 saturated carbocycles. The molecule has 27 heavy (non-hydrogen) atoms. The summed E-state index contributed by atoms with van der Waals surface area (Å²) in [6.07, 6.45) is -7.08. The summed E-state index contributed by atoms with van der Waals surface area (Å²) in [6.45, 7) is 0. The molecule has 5 nitrogen and oxygen atoms in total. The largest absolute Gasteiger partial charge is 0.505 e. The maximum atomic E-state index is 14.0. The summed E-state index contributed by atoms with van der Waals surface area (Å²) in [5.41, 5.74) is 0.373. The minimum Gasteiger partial charge on any atom is -0.479 e. The highest BCUT2D eigenvalue weighted by molar-refractivity contribution is 5.88. The van der Waals surface area contributed by atoms with Gasteiger partial charge in [-0.1, -0.05) is 30.3 Å². The molecule has 9 heteroatoms. The van der Waals surface area contributed by atoms with Crippen molar-refractivity contribution in [1.29, 1.82) is 0 Å². The summed E-state index contributed by atoms with van der Waals surface area (Å²) in [4.78, 5) is 11.1. The SMILES string of the molecule is O=C(O)C1OC1c1nn(C(F)(F)F)c2cccc(Cc3ccccc3F)c12. The van der Waals surface area contributed by atoms with Crippen molar-refractivity contribution in [3.8, 4) is 0 Å². The minimum atomic E-state index is -4.79. The molecule has 2 unspecified atom stereocenters. The normalized spacial score (nSPS) is 19.4. The number of halogens is 4. The van der Waals surface area contributed by atoms with Crippen LogP contribution in [-0.4, -0.2) is 27.0 Å². The van der Waals surface area contributed by atoms with Gasteiger partial charge in [0.2, 0.25) is 0 Å². The number of epoxide rings is 1. The number of benzene rings is 2. The fraction of sp³-hybridized carbons (Fsp3) is 0.222. The lowest BCUT2D eigenvalue weighted by Gasteiger charge is -2.08. The fourth-order valence-electron chi connectivity index (χ4n) is 3.17. The van der Waals surface area contributed by atoms with Gasteiger partial charge in [-0.15, -0.1) is 13.2 Å². The Bertz CT molecular complexity index is 1040. The molecule has 0 spiro atoms. The van der Waals surface area contributed by atoms with E-state index in [0.717, 1.165) is 0 Å². The molecule has 1 fully saturated rings. The molecule has 2 aromatic carbocycles. The Balaban J connectivity index is 1.89. The van der Waals surface area contributed by atoms with Crippen LogP contribution >= 0.6 is 0 Å². The first-order valence-electron chi connectivity index (χ1n) is 7.97. The Hall–Kier alpha value is -2.94. The number of carbonyl (C=O) groups is 1. The van der Waals surface area contributed by atoms with Crippen molar-refractivity contribution in [2.45, 2.75) is 24.9 Å². The second kappa shape index (κ2) is 6.05. The number of aliphatic carboxylic acids is 1. The number of nitrogens with zero attached hydrogens (tertiary/aromatic N) is 2. The van der Waals surface area contributed by atoms with E-state index in [1.54, 1.807) is 12.1 Å². The van der Waals surface area contributed by atoms with E-state index in [2.05, 4.69) is 5.10 Å². The first kappa shape index (κ1) is 17.5. The summed E-state index contributed by atoms with van der Waals surface area (Å²) in [6, 6.07) is 10.2. The fourth-order valence-corrected chi connectivity index (χ4v) is 3.17. The van der Waals surface area contributed by atoms with Gasteiger partial charge in [0.1, 0.15) is 17.6 Å². The molecule has 1 aromatic heterocycles. The highest BCUT2D eigenvalue weighted by atomic mass is 19.4. The van der Waals surface area contributed by atoms with Crippen LogP contribution in [0.4, 0.5) is 17.6 Å². The zero-order chi connectivity index (χ0) is 19.3. The molecule has 0 radical (unpaired) electrons. The number of ether oxygens (including phenoxy) is 1. The van der Waals surface area contributed by atoms with Crippen molar-refractivity contribution < 1.29 is 32.2 Å². The van der Waals surface area contributed by atoms with E-state index in [-0.39, 0.29) is 27.7 Å². The Morgan fingerprint density at radius 1 is 1.15 bits per heavy atom. The van der Waals surface area contributed by atoms with Crippen LogP contribution in [0.5, 0.6) is 0 Å². The van der Waals surface area contributed by atoms with Gasteiger partial charge in [0, 0.05) is 11.8 Å². The van der Waals surface area contributed by atoms with Crippen LogP contribution in [0.3, 0.4) is 0 Å². The van der Waals surface area contributed by atoms with Gasteiger partial charge in [-0.05, 0) is 23.3 Å². The maximum absolute atomic E-state index is 14.0. The standard InChI is InChI=1S/C18H12F4N2O3/c19-11-6-2-1-4-9(11)8-10-5-3-7-12-13(10)14(15-16(27-15)17(25)26)23-24(12)18(20,21)22/h1-7,15-16H,8H2,(H,25,26). The van der Waals surface area contributed by atoms with Gasteiger partial charge >= 0.3 is 12.3 Å². The zero-order valence-electron chi connectivity index (χ0n) is 13.6. The monoisotopic (exact) mass is 380 g/mol. The Morgan fingerprint density at radius 3 is 2.48 bits per heavy atom. The number of carboxylic acids is 1. The summed E-state index contributed by atoms with van der Waals surface area (Å²) >= 11 is 0. The van der Waals surface area contributed by atoms with Crippen LogP contribution in [0.1, 0.15) is 22.9 Å². The van der Waals surface area contributed by atoms with Crippen LogP contribution in [0.15, 0.2) is 42.5 Å². The van der Waals surface area contributed by atoms with Crippen molar-refractivity contribution in [2.24, 2.45) is 0 Å². The van der Waals surface area contributed by atoms with Gasteiger partial charge in [0.15, 0.2) is 6.10 Å². The van der Waals surface area contributed by atoms with E-state index in [1.807, 2.05) is 0 Å². The van der Waals surface area contributed by atoms with Crippen molar-refractivity contribution in [1.82, 2.24) is 9.78 Å². The Morgan fingerprint density at radius 2 is 1.85 bits per heavy atom. The first-order valence-corrected chi connectivity index (χ1v) is 7.97. The molecular formula is C18H12F4N2O3. The molecule has 3 aromatic rings. The molecule has 140 valence electrons. The van der Waals surface area contributed by atoms with E-state index >= 15 is 0 Å². The zero-order valence-corrected chi connectivity index (χ0v) is 13.6. The van der Waals surface area contributed by atoms with Crippen molar-refractivity contribution in [2.75, 3.05) is 0 Å². The van der Waals surface area contributed by atoms with Crippen molar-refractivity contribution >= 4 is 16.9 Å². The topological polar surface area (TPSA) is 67.7 Å². The van der Waals surface area contributed by atoms with Crippen LogP contribution in [0.25, 0.3) is 10.9 Å². The van der Waals surface area contributed by atoms with Crippen molar-refractivity contribution in [3.05, 3.63) is 65.1 Å². The Labute approximate surface area is 149 Å². The Kier molecular flexibility index (Phi) is 3.92. The molecule has 0 aliphatic carbocycles. The average molecular weight is 380 g/mol. The number of rotatable bonds is 4. The van der Waals surface area contributed by atoms with Gasteiger partial charge in [0.25, 0.3) is 0 Å². The van der Waals surface area contributed by atoms with Crippen molar-refractivity contribution in [3.63, 3.8) is 0 Å². The molecule has 1 N–H and O–H groups in total. The quantitative estimate of drug-likeness (QED) is 0.553. The lowest BCUT2D eigenvalue weighted by Crippen LogP contribution is -2.18. The maximum Gasteiger partial charge on any atom is 0.505 e. The van der Waals surface area contributed by atoms with Crippen LogP contribution < -0.4 is 0 Å². The number of carboxylic acid groups (broad SMARTS) is 1. The first-order chi connectivity index (χ1) is 12.8. The van der Waals surface area contributed by atoms with E-state index in [1.165, 1.54) is 30.3 Å². The van der Waals surface area contributed by atoms with Gasteiger partial charge in [0.05, 0.1) is 5.52 Å². The van der Waals surface area contributed by atoms with Gasteiger partial charge in [-0.2, -0.15) is 9.78 Å². The van der Waals surface area contributed by atoms with E-state index in [4.69, 9.17) is 9.84 Å². The summed E-state index contributed by atoms with van der Waals surface area (Å²) < 4.78 is 59.0. The smallest absolute Gasteiger partial charge is 0.479 e. The minimum absolute atomic E-state index is 0.0328. The predicted molar refractivity (Wildman–Crippen MR) is 85.5 cm³/mol. The third kappa shape index (κ3) is 3.03. The highest BCUT2D eigenvalue weighted by Gasteiger charge is 2.50. The molecule has 1 aliphatic rings. The number of alkyl halides is 3. The van der Waals surface area contributed by atoms with Crippen LogP contribution in [0.2, 0.25) is 0 Å². The molecule has 0 amide bonds. The molecular weight excluding hydrogens is 368 g/mol. The van der Waals surface area contributed by atoms with Gasteiger partial charge < -0.3 is 9.84 Å². The third-order valence-electron chi connectivity index (χ3n) is 4.40.